The van der Waals surface area contributed by atoms with Crippen molar-refractivity contribution >= 4 is 11.7 Å². The number of nitrogens with zero attached hydrogens (tertiary/aromatic N) is 4. The van der Waals surface area contributed by atoms with Crippen molar-refractivity contribution in [1.82, 2.24) is 9.88 Å². The second-order valence-corrected chi connectivity index (χ2v) is 5.73. The lowest BCUT2D eigenvalue weighted by atomic mass is 10.1. The van der Waals surface area contributed by atoms with Crippen LogP contribution in [-0.2, 0) is 4.79 Å². The van der Waals surface area contributed by atoms with Gasteiger partial charge in [-0.25, -0.2) is 13.8 Å². The van der Waals surface area contributed by atoms with Crippen LogP contribution in [0, 0.1) is 23.0 Å². The van der Waals surface area contributed by atoms with Gasteiger partial charge in [-0.15, -0.1) is 0 Å². The van der Waals surface area contributed by atoms with Crippen LogP contribution in [0.4, 0.5) is 14.6 Å². The van der Waals surface area contributed by atoms with E-state index in [0.29, 0.717) is 16.9 Å². The van der Waals surface area contributed by atoms with Gasteiger partial charge in [-0.3, -0.25) is 4.79 Å². The normalized spacial score (nSPS) is 11.5. The third-order valence-electron chi connectivity index (χ3n) is 4.04. The predicted molar refractivity (Wildman–Crippen MR) is 89.8 cm³/mol. The maximum absolute atomic E-state index is 13.4. The Hall–Kier alpha value is -3.01. The molecule has 0 saturated heterocycles. The number of hydrogen-bond donors (Lipinski definition) is 0. The molecular formula is C18H18F2N4O. The van der Waals surface area contributed by atoms with Gasteiger partial charge in [0.15, 0.2) is 11.6 Å². The smallest absolute Gasteiger partial charge is 0.242 e. The Morgan fingerprint density at radius 1 is 1.24 bits per heavy atom. The fourth-order valence-corrected chi connectivity index (χ4v) is 2.29. The summed E-state index contributed by atoms with van der Waals surface area (Å²) in [5.74, 6) is -1.51. The maximum Gasteiger partial charge on any atom is 0.242 e. The molecule has 0 aliphatic carbocycles. The zero-order valence-electron chi connectivity index (χ0n) is 14.2. The van der Waals surface area contributed by atoms with Gasteiger partial charge in [-0.1, -0.05) is 6.07 Å². The Kier molecular flexibility index (Phi) is 5.65. The summed E-state index contributed by atoms with van der Waals surface area (Å²) in [5, 5.41) is 8.78. The predicted octanol–water partition coefficient (Wildman–Crippen LogP) is 2.89. The number of rotatable bonds is 5. The first kappa shape index (κ1) is 18.3. The minimum absolute atomic E-state index is 0.0589. The molecule has 1 aromatic heterocycles. The first-order valence-electron chi connectivity index (χ1n) is 7.61. The second-order valence-electron chi connectivity index (χ2n) is 5.73. The first-order chi connectivity index (χ1) is 11.8. The van der Waals surface area contributed by atoms with Crippen molar-refractivity contribution in [2.75, 3.05) is 25.5 Å². The highest BCUT2D eigenvalue weighted by Crippen LogP contribution is 2.21. The third kappa shape index (κ3) is 4.29. The average Bonchev–Trinajstić information content (AvgIpc) is 2.62. The molecule has 0 radical (unpaired) electrons. The lowest BCUT2D eigenvalue weighted by Crippen LogP contribution is -2.38. The Morgan fingerprint density at radius 2 is 1.96 bits per heavy atom. The van der Waals surface area contributed by atoms with E-state index in [1.807, 2.05) is 6.07 Å². The number of aromatic nitrogens is 1. The average molecular weight is 344 g/mol. The molecule has 1 atom stereocenters. The van der Waals surface area contributed by atoms with Crippen molar-refractivity contribution in [2.24, 2.45) is 0 Å². The van der Waals surface area contributed by atoms with Crippen LogP contribution in [0.2, 0.25) is 0 Å². The fourth-order valence-electron chi connectivity index (χ4n) is 2.29. The van der Waals surface area contributed by atoms with Gasteiger partial charge in [0.05, 0.1) is 18.2 Å². The molecule has 130 valence electrons. The Bertz CT molecular complexity index is 802. The van der Waals surface area contributed by atoms with E-state index >= 15 is 0 Å². The van der Waals surface area contributed by atoms with Crippen LogP contribution < -0.4 is 4.90 Å². The zero-order chi connectivity index (χ0) is 18.6. The fraction of sp³-hybridized carbons (Fsp3) is 0.278. The summed E-state index contributed by atoms with van der Waals surface area (Å²) in [4.78, 5) is 19.7. The molecule has 7 heteroatoms. The van der Waals surface area contributed by atoms with Gasteiger partial charge in [0.1, 0.15) is 11.9 Å². The number of carbonyl (C=O) groups excluding carboxylic acids is 1. The minimum Gasteiger partial charge on any atom is -0.350 e. The van der Waals surface area contributed by atoms with Crippen LogP contribution in [0.3, 0.4) is 0 Å². The number of pyridine rings is 1. The Labute approximate surface area is 145 Å². The molecule has 0 N–H and O–H groups in total. The number of nitriles is 1. The summed E-state index contributed by atoms with van der Waals surface area (Å²) in [5.41, 5.74) is 0.946. The second kappa shape index (κ2) is 7.71. The van der Waals surface area contributed by atoms with Crippen LogP contribution in [-0.4, -0.2) is 36.4 Å². The SMILES string of the molecule is CC(c1ccc(F)c(F)c1)N(C)C(=O)CN(C)c1ccc(C#N)cn1. The molecule has 0 bridgehead atoms. The van der Waals surface area contributed by atoms with Crippen molar-refractivity contribution in [3.63, 3.8) is 0 Å². The standard InChI is InChI=1S/C18H18F2N4O/c1-12(14-5-6-15(19)16(20)8-14)24(3)18(25)11-23(2)17-7-4-13(9-21)10-22-17/h4-8,10,12H,11H2,1-3H3. The molecule has 0 aliphatic rings. The van der Waals surface area contributed by atoms with E-state index in [1.54, 1.807) is 38.1 Å². The molecule has 1 heterocycles. The highest BCUT2D eigenvalue weighted by molar-refractivity contribution is 5.81. The van der Waals surface area contributed by atoms with Gasteiger partial charge in [0.25, 0.3) is 0 Å². The van der Waals surface area contributed by atoms with Gasteiger partial charge in [-0.05, 0) is 36.8 Å². The van der Waals surface area contributed by atoms with Gasteiger partial charge < -0.3 is 9.80 Å². The monoisotopic (exact) mass is 344 g/mol. The van der Waals surface area contributed by atoms with Gasteiger partial charge in [0, 0.05) is 20.3 Å². The van der Waals surface area contributed by atoms with E-state index < -0.39 is 17.7 Å². The van der Waals surface area contributed by atoms with E-state index in [4.69, 9.17) is 5.26 Å². The lowest BCUT2D eigenvalue weighted by Gasteiger charge is -2.28. The van der Waals surface area contributed by atoms with Gasteiger partial charge >= 0.3 is 0 Å². The van der Waals surface area contributed by atoms with E-state index in [0.717, 1.165) is 12.1 Å². The minimum atomic E-state index is -0.941. The maximum atomic E-state index is 13.4. The van der Waals surface area contributed by atoms with Crippen LogP contribution in [0.1, 0.15) is 24.1 Å². The molecule has 25 heavy (non-hydrogen) atoms. The van der Waals surface area contributed by atoms with Crippen LogP contribution in [0.25, 0.3) is 0 Å². The van der Waals surface area contributed by atoms with Crippen molar-refractivity contribution in [3.8, 4) is 6.07 Å². The van der Waals surface area contributed by atoms with Crippen LogP contribution in [0.5, 0.6) is 0 Å². The van der Waals surface area contributed by atoms with E-state index in [2.05, 4.69) is 4.98 Å². The van der Waals surface area contributed by atoms with Gasteiger partial charge in [0.2, 0.25) is 5.91 Å². The lowest BCUT2D eigenvalue weighted by molar-refractivity contribution is -0.130. The Morgan fingerprint density at radius 3 is 2.52 bits per heavy atom. The highest BCUT2D eigenvalue weighted by Gasteiger charge is 2.20. The number of benzene rings is 1. The molecule has 0 fully saturated rings. The van der Waals surface area contributed by atoms with Crippen molar-refractivity contribution in [3.05, 3.63) is 59.3 Å². The summed E-state index contributed by atoms with van der Waals surface area (Å²) in [7, 11) is 3.32. The topological polar surface area (TPSA) is 60.2 Å². The summed E-state index contributed by atoms with van der Waals surface area (Å²) in [6, 6.07) is 8.45. The van der Waals surface area contributed by atoms with Crippen LogP contribution >= 0.6 is 0 Å². The van der Waals surface area contributed by atoms with Crippen molar-refractivity contribution in [1.29, 1.82) is 5.26 Å². The number of anilines is 1. The number of carbonyl (C=O) groups is 1. The summed E-state index contributed by atoms with van der Waals surface area (Å²) >= 11 is 0. The van der Waals surface area contributed by atoms with Crippen molar-refractivity contribution < 1.29 is 13.6 Å². The first-order valence-corrected chi connectivity index (χ1v) is 7.61. The molecule has 5 nitrogen and oxygen atoms in total. The van der Waals surface area contributed by atoms with Gasteiger partial charge in [-0.2, -0.15) is 5.26 Å². The molecule has 0 saturated carbocycles. The molecule has 2 aromatic rings. The molecule has 1 amide bonds. The summed E-state index contributed by atoms with van der Waals surface area (Å²) < 4.78 is 26.4. The van der Waals surface area contributed by atoms with E-state index in [9.17, 15) is 13.6 Å². The van der Waals surface area contributed by atoms with E-state index in [-0.39, 0.29) is 12.5 Å². The summed E-state index contributed by atoms with van der Waals surface area (Å²) in [6.07, 6.45) is 1.43. The third-order valence-corrected chi connectivity index (χ3v) is 4.04. The number of likely N-dealkylation sites (N-methyl/N-ethyl adjacent to an activating group) is 2. The van der Waals surface area contributed by atoms with Crippen molar-refractivity contribution in [2.45, 2.75) is 13.0 Å². The largest absolute Gasteiger partial charge is 0.350 e. The highest BCUT2D eigenvalue weighted by atomic mass is 19.2. The number of halogens is 2. The molecule has 0 spiro atoms. The van der Waals surface area contributed by atoms with E-state index in [1.165, 1.54) is 17.2 Å². The quantitative estimate of drug-likeness (QED) is 0.837. The number of hydrogen-bond acceptors (Lipinski definition) is 4. The molecule has 1 unspecified atom stereocenters. The molecule has 0 aliphatic heterocycles. The van der Waals surface area contributed by atoms with Crippen LogP contribution in [0.15, 0.2) is 36.5 Å². The molecule has 2 rings (SSSR count). The zero-order valence-corrected chi connectivity index (χ0v) is 14.2. The molecular weight excluding hydrogens is 326 g/mol. The summed E-state index contributed by atoms with van der Waals surface area (Å²) in [6.45, 7) is 1.80. The number of amides is 1. The Balaban J connectivity index is 2.05. The molecule has 1 aromatic carbocycles.